The Balaban J connectivity index is 1.82. The third-order valence-corrected chi connectivity index (χ3v) is 4.21. The maximum atomic E-state index is 11.5. The fourth-order valence-electron chi connectivity index (χ4n) is 2.94. The van der Waals surface area contributed by atoms with E-state index in [-0.39, 0.29) is 6.10 Å². The van der Waals surface area contributed by atoms with Crippen LogP contribution in [0.15, 0.2) is 0 Å². The number of carboxylic acids is 1. The lowest BCUT2D eigenvalue weighted by molar-refractivity contribution is -0.149. The second-order valence-electron chi connectivity index (χ2n) is 5.74. The Morgan fingerprint density at radius 2 is 2.22 bits per heavy atom. The summed E-state index contributed by atoms with van der Waals surface area (Å²) in [5, 5.41) is 12.6. The molecule has 2 atom stereocenters. The smallest absolute Gasteiger partial charge is 0.323 e. The van der Waals surface area contributed by atoms with E-state index in [1.807, 2.05) is 6.92 Å². The van der Waals surface area contributed by atoms with Crippen molar-refractivity contribution in [1.29, 1.82) is 0 Å². The fourth-order valence-corrected chi connectivity index (χ4v) is 2.94. The van der Waals surface area contributed by atoms with Crippen molar-refractivity contribution >= 4 is 5.97 Å². The van der Waals surface area contributed by atoms with Gasteiger partial charge in [0.2, 0.25) is 0 Å². The lowest BCUT2D eigenvalue weighted by Gasteiger charge is -2.38. The van der Waals surface area contributed by atoms with E-state index in [0.29, 0.717) is 13.0 Å². The van der Waals surface area contributed by atoms with E-state index in [9.17, 15) is 9.90 Å². The molecule has 0 aromatic rings. The van der Waals surface area contributed by atoms with Gasteiger partial charge < -0.3 is 15.2 Å². The number of carbonyl (C=O) groups is 1. The van der Waals surface area contributed by atoms with Crippen molar-refractivity contribution < 1.29 is 14.6 Å². The summed E-state index contributed by atoms with van der Waals surface area (Å²) >= 11 is 0. The van der Waals surface area contributed by atoms with Gasteiger partial charge in [0.05, 0.1) is 6.10 Å². The van der Waals surface area contributed by atoms with Gasteiger partial charge in [-0.05, 0) is 38.1 Å². The van der Waals surface area contributed by atoms with Gasteiger partial charge in [0.1, 0.15) is 5.54 Å². The number of carboxylic acid groups (broad SMARTS) is 1. The summed E-state index contributed by atoms with van der Waals surface area (Å²) in [6.45, 7) is 3.46. The van der Waals surface area contributed by atoms with Gasteiger partial charge in [-0.1, -0.05) is 19.8 Å². The average Bonchev–Trinajstić information content (AvgIpc) is 3.14. The Hall–Kier alpha value is -0.610. The minimum atomic E-state index is -0.753. The first-order valence-corrected chi connectivity index (χ1v) is 7.26. The van der Waals surface area contributed by atoms with E-state index in [1.54, 1.807) is 0 Å². The van der Waals surface area contributed by atoms with Crippen molar-refractivity contribution in [3.63, 3.8) is 0 Å². The molecular weight excluding hydrogens is 230 g/mol. The molecular formula is C14H25NO3. The molecule has 0 saturated heterocycles. The van der Waals surface area contributed by atoms with E-state index in [2.05, 4.69) is 5.32 Å². The van der Waals surface area contributed by atoms with E-state index in [1.165, 1.54) is 12.8 Å². The molecule has 4 heteroatoms. The molecule has 0 aromatic carbocycles. The number of nitrogens with one attached hydrogen (secondary N) is 1. The molecule has 18 heavy (non-hydrogen) atoms. The molecule has 0 aliphatic heterocycles. The summed E-state index contributed by atoms with van der Waals surface area (Å²) in [6.07, 6.45) is 7.25. The molecule has 2 aliphatic carbocycles. The first-order chi connectivity index (χ1) is 8.66. The molecule has 2 fully saturated rings. The van der Waals surface area contributed by atoms with Crippen LogP contribution in [0, 0.1) is 5.92 Å². The Kier molecular flexibility index (Phi) is 4.62. The molecule has 2 rings (SSSR count). The SMILES string of the molecule is CCNC1(C(=O)O)CCCC(OCCC2CC2)C1. The molecule has 2 aliphatic rings. The van der Waals surface area contributed by atoms with E-state index in [4.69, 9.17) is 4.74 Å². The third kappa shape index (κ3) is 3.45. The van der Waals surface area contributed by atoms with Crippen molar-refractivity contribution in [3.8, 4) is 0 Å². The van der Waals surface area contributed by atoms with Crippen LogP contribution < -0.4 is 5.32 Å². The fraction of sp³-hybridized carbons (Fsp3) is 0.929. The Labute approximate surface area is 109 Å². The number of likely N-dealkylation sites (N-methyl/N-ethyl adjacent to an activating group) is 1. The molecule has 0 amide bonds. The van der Waals surface area contributed by atoms with Gasteiger partial charge in [-0.25, -0.2) is 0 Å². The molecule has 2 unspecified atom stereocenters. The summed E-state index contributed by atoms with van der Waals surface area (Å²) in [7, 11) is 0. The van der Waals surface area contributed by atoms with Crippen molar-refractivity contribution in [3.05, 3.63) is 0 Å². The minimum absolute atomic E-state index is 0.118. The molecule has 2 N–H and O–H groups in total. The lowest BCUT2D eigenvalue weighted by atomic mass is 9.80. The molecule has 0 spiro atoms. The van der Waals surface area contributed by atoms with Gasteiger partial charge in [0, 0.05) is 13.0 Å². The average molecular weight is 255 g/mol. The van der Waals surface area contributed by atoms with E-state index >= 15 is 0 Å². The van der Waals surface area contributed by atoms with Crippen molar-refractivity contribution in [2.24, 2.45) is 5.92 Å². The highest BCUT2D eigenvalue weighted by Crippen LogP contribution is 2.34. The summed E-state index contributed by atoms with van der Waals surface area (Å²) in [6, 6.07) is 0. The second-order valence-corrected chi connectivity index (χ2v) is 5.74. The number of ether oxygens (including phenoxy) is 1. The van der Waals surface area contributed by atoms with Crippen LogP contribution in [0.2, 0.25) is 0 Å². The zero-order valence-corrected chi connectivity index (χ0v) is 11.3. The first kappa shape index (κ1) is 13.8. The molecule has 4 nitrogen and oxygen atoms in total. The van der Waals surface area contributed by atoms with Crippen LogP contribution in [-0.2, 0) is 9.53 Å². The highest BCUT2D eigenvalue weighted by atomic mass is 16.5. The molecule has 0 aromatic heterocycles. The minimum Gasteiger partial charge on any atom is -0.480 e. The van der Waals surface area contributed by atoms with Gasteiger partial charge in [-0.2, -0.15) is 0 Å². The monoisotopic (exact) mass is 255 g/mol. The van der Waals surface area contributed by atoms with Gasteiger partial charge in [-0.15, -0.1) is 0 Å². The second kappa shape index (κ2) is 6.02. The predicted octanol–water partition coefficient (Wildman–Crippen LogP) is 2.18. The van der Waals surface area contributed by atoms with Gasteiger partial charge in [0.15, 0.2) is 0 Å². The quantitative estimate of drug-likeness (QED) is 0.732. The predicted molar refractivity (Wildman–Crippen MR) is 69.6 cm³/mol. The Morgan fingerprint density at radius 3 is 2.83 bits per heavy atom. The number of hydrogen-bond donors (Lipinski definition) is 2. The number of hydrogen-bond acceptors (Lipinski definition) is 3. The number of rotatable bonds is 7. The summed E-state index contributed by atoms with van der Waals surface area (Å²) in [5.74, 6) is 0.159. The highest BCUT2D eigenvalue weighted by molar-refractivity contribution is 5.79. The topological polar surface area (TPSA) is 58.6 Å². The summed E-state index contributed by atoms with van der Waals surface area (Å²) < 4.78 is 5.88. The molecule has 0 radical (unpaired) electrons. The standard InChI is InChI=1S/C14H25NO3/c1-2-15-14(13(16)17)8-3-4-12(10-14)18-9-7-11-5-6-11/h11-12,15H,2-10H2,1H3,(H,16,17). The van der Waals surface area contributed by atoms with E-state index in [0.717, 1.165) is 38.2 Å². The van der Waals surface area contributed by atoms with Crippen LogP contribution in [0.25, 0.3) is 0 Å². The zero-order valence-electron chi connectivity index (χ0n) is 11.3. The summed E-state index contributed by atoms with van der Waals surface area (Å²) in [4.78, 5) is 11.5. The largest absolute Gasteiger partial charge is 0.480 e. The zero-order chi connectivity index (χ0) is 13.0. The van der Waals surface area contributed by atoms with Crippen molar-refractivity contribution in [1.82, 2.24) is 5.32 Å². The van der Waals surface area contributed by atoms with Crippen LogP contribution in [0.3, 0.4) is 0 Å². The summed E-state index contributed by atoms with van der Waals surface area (Å²) in [5.41, 5.74) is -0.753. The molecule has 0 bridgehead atoms. The van der Waals surface area contributed by atoms with Gasteiger partial charge in [-0.3, -0.25) is 4.79 Å². The Bertz CT molecular complexity index is 287. The number of aliphatic carboxylic acids is 1. The van der Waals surface area contributed by atoms with Crippen LogP contribution in [0.4, 0.5) is 0 Å². The Morgan fingerprint density at radius 1 is 1.44 bits per heavy atom. The van der Waals surface area contributed by atoms with Crippen LogP contribution >= 0.6 is 0 Å². The van der Waals surface area contributed by atoms with Crippen molar-refractivity contribution in [2.75, 3.05) is 13.2 Å². The highest BCUT2D eigenvalue weighted by Gasteiger charge is 2.42. The molecule has 104 valence electrons. The maximum Gasteiger partial charge on any atom is 0.323 e. The lowest BCUT2D eigenvalue weighted by Crippen LogP contribution is -2.56. The molecule has 2 saturated carbocycles. The maximum absolute atomic E-state index is 11.5. The van der Waals surface area contributed by atoms with Gasteiger partial charge in [0.25, 0.3) is 0 Å². The van der Waals surface area contributed by atoms with Crippen LogP contribution in [0.5, 0.6) is 0 Å². The van der Waals surface area contributed by atoms with Gasteiger partial charge >= 0.3 is 5.97 Å². The third-order valence-electron chi connectivity index (χ3n) is 4.21. The first-order valence-electron chi connectivity index (χ1n) is 7.26. The normalized spacial score (nSPS) is 32.4. The van der Waals surface area contributed by atoms with E-state index < -0.39 is 11.5 Å². The van der Waals surface area contributed by atoms with Crippen LogP contribution in [-0.4, -0.2) is 35.9 Å². The van der Waals surface area contributed by atoms with Crippen molar-refractivity contribution in [2.45, 2.75) is 63.5 Å². The van der Waals surface area contributed by atoms with Crippen LogP contribution in [0.1, 0.15) is 51.9 Å². The molecule has 0 heterocycles.